The second-order valence-corrected chi connectivity index (χ2v) is 5.79. The maximum absolute atomic E-state index is 5.34. The normalized spacial score (nSPS) is 10.7. The summed E-state index contributed by atoms with van der Waals surface area (Å²) < 4.78 is 10.6. The molecule has 1 aromatic carbocycles. The van der Waals surface area contributed by atoms with Crippen molar-refractivity contribution in [2.45, 2.75) is 19.3 Å². The van der Waals surface area contributed by atoms with Crippen molar-refractivity contribution in [3.8, 4) is 11.5 Å². The molecule has 0 fully saturated rings. The van der Waals surface area contributed by atoms with Gasteiger partial charge in [-0.05, 0) is 42.7 Å². The monoisotopic (exact) mass is 484 g/mol. The average Bonchev–Trinajstić information content (AvgIpc) is 2.70. The summed E-state index contributed by atoms with van der Waals surface area (Å²) in [5.74, 6) is 2.34. The Kier molecular flexibility index (Phi) is 11.2. The molecular formula is C20H29IN4O2. The van der Waals surface area contributed by atoms with Crippen LogP contribution < -0.4 is 20.1 Å². The number of ether oxygens (including phenoxy) is 2. The lowest BCUT2D eigenvalue weighted by molar-refractivity contribution is 0.354. The van der Waals surface area contributed by atoms with E-state index in [2.05, 4.69) is 26.7 Å². The van der Waals surface area contributed by atoms with E-state index in [1.54, 1.807) is 21.3 Å². The molecule has 2 rings (SSSR count). The lowest BCUT2D eigenvalue weighted by atomic mass is 10.1. The molecule has 2 aromatic rings. The largest absolute Gasteiger partial charge is 0.493 e. The molecular weight excluding hydrogens is 455 g/mol. The second-order valence-electron chi connectivity index (χ2n) is 5.79. The van der Waals surface area contributed by atoms with Crippen LogP contribution in [0, 0.1) is 0 Å². The first-order chi connectivity index (χ1) is 12.8. The van der Waals surface area contributed by atoms with Crippen molar-refractivity contribution in [3.05, 3.63) is 53.9 Å². The van der Waals surface area contributed by atoms with E-state index in [0.717, 1.165) is 55.5 Å². The van der Waals surface area contributed by atoms with Crippen LogP contribution in [-0.2, 0) is 12.8 Å². The number of guanidine groups is 1. The van der Waals surface area contributed by atoms with Crippen LogP contribution in [0.1, 0.15) is 17.7 Å². The Balaban J connectivity index is 0.00000364. The number of nitrogens with zero attached hydrogens (tertiary/aromatic N) is 2. The van der Waals surface area contributed by atoms with Crippen molar-refractivity contribution in [3.63, 3.8) is 0 Å². The molecule has 2 N–H and O–H groups in total. The number of halogens is 1. The SMILES string of the molecule is CN=C(NCCCc1ccc(OC)c(OC)c1)NCCc1ccccn1.I. The molecule has 0 unspecified atom stereocenters. The molecule has 0 spiro atoms. The fourth-order valence-corrected chi connectivity index (χ4v) is 2.61. The molecule has 0 aliphatic carbocycles. The van der Waals surface area contributed by atoms with Crippen LogP contribution in [0.2, 0.25) is 0 Å². The molecule has 1 aromatic heterocycles. The van der Waals surface area contributed by atoms with Gasteiger partial charge in [0.05, 0.1) is 14.2 Å². The summed E-state index contributed by atoms with van der Waals surface area (Å²) in [6.07, 6.45) is 4.64. The summed E-state index contributed by atoms with van der Waals surface area (Å²) in [6, 6.07) is 12.0. The number of benzene rings is 1. The predicted molar refractivity (Wildman–Crippen MR) is 121 cm³/mol. The maximum atomic E-state index is 5.34. The quantitative estimate of drug-likeness (QED) is 0.248. The molecule has 6 nitrogen and oxygen atoms in total. The predicted octanol–water partition coefficient (Wildman–Crippen LogP) is 3.06. The van der Waals surface area contributed by atoms with E-state index >= 15 is 0 Å². The zero-order valence-corrected chi connectivity index (χ0v) is 18.5. The molecule has 0 amide bonds. The van der Waals surface area contributed by atoms with Crippen molar-refractivity contribution in [1.82, 2.24) is 15.6 Å². The van der Waals surface area contributed by atoms with Gasteiger partial charge in [-0.1, -0.05) is 12.1 Å². The number of aryl methyl sites for hydroxylation is 1. The fraction of sp³-hybridized carbons (Fsp3) is 0.400. The lowest BCUT2D eigenvalue weighted by Crippen LogP contribution is -2.38. The first-order valence-corrected chi connectivity index (χ1v) is 8.82. The van der Waals surface area contributed by atoms with Crippen LogP contribution in [0.3, 0.4) is 0 Å². The maximum Gasteiger partial charge on any atom is 0.190 e. The Bertz CT molecular complexity index is 696. The Morgan fingerprint density at radius 3 is 2.44 bits per heavy atom. The topological polar surface area (TPSA) is 67.8 Å². The van der Waals surface area contributed by atoms with Gasteiger partial charge in [-0.3, -0.25) is 9.98 Å². The van der Waals surface area contributed by atoms with Gasteiger partial charge in [0, 0.05) is 38.4 Å². The Morgan fingerprint density at radius 2 is 1.78 bits per heavy atom. The zero-order valence-electron chi connectivity index (χ0n) is 16.2. The summed E-state index contributed by atoms with van der Waals surface area (Å²) in [4.78, 5) is 8.57. The summed E-state index contributed by atoms with van der Waals surface area (Å²) in [7, 11) is 5.09. The molecule has 0 bridgehead atoms. The number of hydrogen-bond donors (Lipinski definition) is 2. The number of aromatic nitrogens is 1. The zero-order chi connectivity index (χ0) is 18.6. The number of rotatable bonds is 9. The van der Waals surface area contributed by atoms with Gasteiger partial charge in [0.1, 0.15) is 0 Å². The summed E-state index contributed by atoms with van der Waals surface area (Å²) in [5, 5.41) is 6.65. The highest BCUT2D eigenvalue weighted by atomic mass is 127. The first kappa shape index (κ1) is 23.0. The van der Waals surface area contributed by atoms with Gasteiger partial charge >= 0.3 is 0 Å². The third-order valence-corrected chi connectivity index (χ3v) is 4.01. The average molecular weight is 484 g/mol. The standard InChI is InChI=1S/C20H28N4O2.HI/c1-21-20(24-14-11-17-8-4-5-12-22-17)23-13-6-7-16-9-10-18(25-2)19(15-16)26-3;/h4-5,8-10,12,15H,6-7,11,13-14H2,1-3H3,(H2,21,23,24);1H. The van der Waals surface area contributed by atoms with E-state index in [4.69, 9.17) is 9.47 Å². The van der Waals surface area contributed by atoms with Crippen LogP contribution in [-0.4, -0.2) is 45.3 Å². The number of hydrogen-bond acceptors (Lipinski definition) is 4. The first-order valence-electron chi connectivity index (χ1n) is 8.82. The van der Waals surface area contributed by atoms with Crippen molar-refractivity contribution in [1.29, 1.82) is 0 Å². The smallest absolute Gasteiger partial charge is 0.190 e. The van der Waals surface area contributed by atoms with Gasteiger partial charge in [0.2, 0.25) is 0 Å². The van der Waals surface area contributed by atoms with Crippen molar-refractivity contribution in [2.24, 2.45) is 4.99 Å². The van der Waals surface area contributed by atoms with Crippen LogP contribution >= 0.6 is 24.0 Å². The number of nitrogens with one attached hydrogen (secondary N) is 2. The summed E-state index contributed by atoms with van der Waals surface area (Å²) in [5.41, 5.74) is 2.30. The summed E-state index contributed by atoms with van der Waals surface area (Å²) >= 11 is 0. The van der Waals surface area contributed by atoms with Crippen molar-refractivity contribution in [2.75, 3.05) is 34.4 Å². The molecule has 0 saturated carbocycles. The van der Waals surface area contributed by atoms with E-state index < -0.39 is 0 Å². The van der Waals surface area contributed by atoms with E-state index in [1.807, 2.05) is 36.5 Å². The molecule has 0 saturated heterocycles. The van der Waals surface area contributed by atoms with Crippen LogP contribution in [0.5, 0.6) is 11.5 Å². The molecule has 0 radical (unpaired) electrons. The lowest BCUT2D eigenvalue weighted by Gasteiger charge is -2.12. The van der Waals surface area contributed by atoms with Crippen LogP contribution in [0.25, 0.3) is 0 Å². The summed E-state index contributed by atoms with van der Waals surface area (Å²) in [6.45, 7) is 1.64. The molecule has 27 heavy (non-hydrogen) atoms. The molecule has 0 aliphatic heterocycles. The fourth-order valence-electron chi connectivity index (χ4n) is 2.61. The van der Waals surface area contributed by atoms with E-state index in [9.17, 15) is 0 Å². The Hall–Kier alpha value is -2.03. The highest BCUT2D eigenvalue weighted by molar-refractivity contribution is 14.0. The van der Waals surface area contributed by atoms with Crippen LogP contribution in [0.15, 0.2) is 47.6 Å². The van der Waals surface area contributed by atoms with Gasteiger partial charge in [-0.2, -0.15) is 0 Å². The van der Waals surface area contributed by atoms with Gasteiger partial charge in [0.25, 0.3) is 0 Å². The molecule has 0 atom stereocenters. The molecule has 148 valence electrons. The highest BCUT2D eigenvalue weighted by Gasteiger charge is 2.04. The third-order valence-electron chi connectivity index (χ3n) is 4.01. The van der Waals surface area contributed by atoms with Crippen molar-refractivity contribution < 1.29 is 9.47 Å². The Labute approximate surface area is 178 Å². The van der Waals surface area contributed by atoms with E-state index in [1.165, 1.54) is 5.56 Å². The van der Waals surface area contributed by atoms with Gasteiger partial charge in [0.15, 0.2) is 17.5 Å². The number of aliphatic imine (C=N–C) groups is 1. The Morgan fingerprint density at radius 1 is 1.00 bits per heavy atom. The van der Waals surface area contributed by atoms with Gasteiger partial charge in [-0.15, -0.1) is 24.0 Å². The molecule has 1 heterocycles. The van der Waals surface area contributed by atoms with E-state index in [0.29, 0.717) is 0 Å². The van der Waals surface area contributed by atoms with Gasteiger partial charge in [-0.25, -0.2) is 0 Å². The number of methoxy groups -OCH3 is 2. The molecule has 0 aliphatic rings. The van der Waals surface area contributed by atoms with Crippen LogP contribution in [0.4, 0.5) is 0 Å². The third kappa shape index (κ3) is 8.03. The van der Waals surface area contributed by atoms with Crippen molar-refractivity contribution >= 4 is 29.9 Å². The second kappa shape index (κ2) is 13.2. The minimum Gasteiger partial charge on any atom is -0.493 e. The molecule has 7 heteroatoms. The number of pyridine rings is 1. The van der Waals surface area contributed by atoms with Gasteiger partial charge < -0.3 is 20.1 Å². The van der Waals surface area contributed by atoms with E-state index in [-0.39, 0.29) is 24.0 Å². The highest BCUT2D eigenvalue weighted by Crippen LogP contribution is 2.27. The minimum absolute atomic E-state index is 0. The minimum atomic E-state index is 0.